The van der Waals surface area contributed by atoms with Gasteiger partial charge in [-0.1, -0.05) is 38.1 Å². The highest BCUT2D eigenvalue weighted by atomic mass is 16.5. The third kappa shape index (κ3) is 4.85. The molecule has 0 aromatic heterocycles. The number of carbonyl (C=O) groups excluding carboxylic acids is 1. The number of rotatable bonds is 6. The Morgan fingerprint density at radius 1 is 1.13 bits per heavy atom. The summed E-state index contributed by atoms with van der Waals surface area (Å²) < 4.78 is 5.70. The van der Waals surface area contributed by atoms with Crippen molar-refractivity contribution in [3.8, 4) is 5.75 Å². The van der Waals surface area contributed by atoms with Crippen LogP contribution in [-0.2, 0) is 4.79 Å². The van der Waals surface area contributed by atoms with Gasteiger partial charge in [0.2, 0.25) is 0 Å². The molecular weight excluding hydrogens is 286 g/mol. The van der Waals surface area contributed by atoms with E-state index in [1.807, 2.05) is 43.3 Å². The Bertz CT molecular complexity index is 649. The molecule has 0 fully saturated rings. The summed E-state index contributed by atoms with van der Waals surface area (Å²) in [6, 6.07) is 15.7. The molecule has 0 bridgehead atoms. The van der Waals surface area contributed by atoms with Crippen molar-refractivity contribution in [2.24, 2.45) is 0 Å². The molecule has 0 aliphatic rings. The third-order valence-corrected chi connectivity index (χ3v) is 4.03. The van der Waals surface area contributed by atoms with Gasteiger partial charge in [0.15, 0.2) is 6.10 Å². The van der Waals surface area contributed by atoms with Crippen LogP contribution >= 0.6 is 0 Å². The fourth-order valence-electron chi connectivity index (χ4n) is 2.32. The molecule has 23 heavy (non-hydrogen) atoms. The second-order valence-corrected chi connectivity index (χ2v) is 6.00. The molecule has 3 heteroatoms. The number of ether oxygens (including phenoxy) is 1. The van der Waals surface area contributed by atoms with Gasteiger partial charge in [0.05, 0.1) is 0 Å². The van der Waals surface area contributed by atoms with Gasteiger partial charge >= 0.3 is 0 Å². The zero-order valence-electron chi connectivity index (χ0n) is 14.3. The van der Waals surface area contributed by atoms with Crippen LogP contribution in [0.25, 0.3) is 0 Å². The summed E-state index contributed by atoms with van der Waals surface area (Å²) in [5, 5.41) is 2.90. The highest BCUT2D eigenvalue weighted by Gasteiger charge is 2.15. The molecule has 2 rings (SSSR count). The largest absolute Gasteiger partial charge is 0.481 e. The highest BCUT2D eigenvalue weighted by Crippen LogP contribution is 2.21. The molecule has 2 atom stereocenters. The standard InChI is InChI=1S/C20H25NO2/c1-5-15(3)17-9-11-18(12-10-17)21-20(22)16(4)23-19-8-6-7-14(2)13-19/h6-13,15-16H,5H2,1-4H3,(H,21,22)/t15-,16-/m0/s1. The maximum atomic E-state index is 12.2. The molecule has 0 saturated heterocycles. The number of benzene rings is 2. The minimum Gasteiger partial charge on any atom is -0.481 e. The van der Waals surface area contributed by atoms with E-state index < -0.39 is 6.10 Å². The Hall–Kier alpha value is -2.29. The fraction of sp³-hybridized carbons (Fsp3) is 0.350. The molecule has 1 amide bonds. The van der Waals surface area contributed by atoms with E-state index in [4.69, 9.17) is 4.74 Å². The number of anilines is 1. The number of nitrogens with one attached hydrogen (secondary N) is 1. The van der Waals surface area contributed by atoms with E-state index in [1.165, 1.54) is 5.56 Å². The van der Waals surface area contributed by atoms with Crippen LogP contribution < -0.4 is 10.1 Å². The molecule has 0 radical (unpaired) electrons. The van der Waals surface area contributed by atoms with Crippen molar-refractivity contribution in [1.82, 2.24) is 0 Å². The van der Waals surface area contributed by atoms with Gasteiger partial charge < -0.3 is 10.1 Å². The lowest BCUT2D eigenvalue weighted by atomic mass is 9.99. The van der Waals surface area contributed by atoms with Crippen LogP contribution in [0.1, 0.15) is 44.2 Å². The lowest BCUT2D eigenvalue weighted by Gasteiger charge is -2.16. The van der Waals surface area contributed by atoms with E-state index in [-0.39, 0.29) is 5.91 Å². The van der Waals surface area contributed by atoms with Gasteiger partial charge in [-0.3, -0.25) is 4.79 Å². The fourth-order valence-corrected chi connectivity index (χ4v) is 2.32. The summed E-state index contributed by atoms with van der Waals surface area (Å²) in [7, 11) is 0. The van der Waals surface area contributed by atoms with E-state index >= 15 is 0 Å². The number of aryl methyl sites for hydroxylation is 1. The van der Waals surface area contributed by atoms with E-state index in [0.717, 1.165) is 17.7 Å². The lowest BCUT2D eigenvalue weighted by molar-refractivity contribution is -0.122. The maximum Gasteiger partial charge on any atom is 0.265 e. The molecule has 0 aliphatic carbocycles. The van der Waals surface area contributed by atoms with Crippen LogP contribution in [0.15, 0.2) is 48.5 Å². The van der Waals surface area contributed by atoms with Gasteiger partial charge in [0.25, 0.3) is 5.91 Å². The summed E-state index contributed by atoms with van der Waals surface area (Å²) in [6.07, 6.45) is 0.554. The van der Waals surface area contributed by atoms with E-state index in [0.29, 0.717) is 11.7 Å². The summed E-state index contributed by atoms with van der Waals surface area (Å²) in [6.45, 7) is 8.12. The van der Waals surface area contributed by atoms with E-state index in [1.54, 1.807) is 6.92 Å². The molecule has 122 valence electrons. The lowest BCUT2D eigenvalue weighted by Crippen LogP contribution is -2.30. The topological polar surface area (TPSA) is 38.3 Å². The Morgan fingerprint density at radius 3 is 2.43 bits per heavy atom. The molecule has 2 aromatic carbocycles. The van der Waals surface area contributed by atoms with Crippen LogP contribution in [-0.4, -0.2) is 12.0 Å². The molecule has 0 unspecified atom stereocenters. The number of carbonyl (C=O) groups is 1. The minimum absolute atomic E-state index is 0.150. The quantitative estimate of drug-likeness (QED) is 0.822. The van der Waals surface area contributed by atoms with Crippen molar-refractivity contribution < 1.29 is 9.53 Å². The zero-order chi connectivity index (χ0) is 16.8. The zero-order valence-corrected chi connectivity index (χ0v) is 14.3. The highest BCUT2D eigenvalue weighted by molar-refractivity contribution is 5.94. The van der Waals surface area contributed by atoms with Crippen molar-refractivity contribution in [3.63, 3.8) is 0 Å². The third-order valence-electron chi connectivity index (χ3n) is 4.03. The Morgan fingerprint density at radius 2 is 1.83 bits per heavy atom. The van der Waals surface area contributed by atoms with Gasteiger partial charge in [-0.2, -0.15) is 0 Å². The normalized spacial score (nSPS) is 13.2. The smallest absolute Gasteiger partial charge is 0.265 e. The van der Waals surface area contributed by atoms with Crippen LogP contribution in [0.4, 0.5) is 5.69 Å². The second-order valence-electron chi connectivity index (χ2n) is 6.00. The molecular formula is C20H25NO2. The van der Waals surface area contributed by atoms with Crippen LogP contribution in [0.2, 0.25) is 0 Å². The van der Waals surface area contributed by atoms with Crippen molar-refractivity contribution in [2.75, 3.05) is 5.32 Å². The van der Waals surface area contributed by atoms with Crippen LogP contribution in [0.5, 0.6) is 5.75 Å². The SMILES string of the molecule is CC[C@H](C)c1ccc(NC(=O)[C@H](C)Oc2cccc(C)c2)cc1. The molecule has 0 saturated carbocycles. The van der Waals surface area contributed by atoms with Gasteiger partial charge in [0, 0.05) is 5.69 Å². The predicted molar refractivity (Wildman–Crippen MR) is 95.0 cm³/mol. The summed E-state index contributed by atoms with van der Waals surface area (Å²) in [5.74, 6) is 1.09. The summed E-state index contributed by atoms with van der Waals surface area (Å²) in [5.41, 5.74) is 3.19. The molecule has 0 spiro atoms. The molecule has 1 N–H and O–H groups in total. The first-order chi connectivity index (χ1) is 11.0. The first-order valence-corrected chi connectivity index (χ1v) is 8.13. The van der Waals surface area contributed by atoms with Crippen LogP contribution in [0.3, 0.4) is 0 Å². The molecule has 0 aliphatic heterocycles. The van der Waals surface area contributed by atoms with E-state index in [2.05, 4.69) is 31.3 Å². The van der Waals surface area contributed by atoms with Crippen LogP contribution in [0, 0.1) is 6.92 Å². The second kappa shape index (κ2) is 7.82. The maximum absolute atomic E-state index is 12.2. The van der Waals surface area contributed by atoms with Crippen molar-refractivity contribution >= 4 is 11.6 Å². The Balaban J connectivity index is 1.95. The van der Waals surface area contributed by atoms with Gasteiger partial charge in [0.1, 0.15) is 5.75 Å². The first kappa shape index (κ1) is 17.1. The van der Waals surface area contributed by atoms with Crippen molar-refractivity contribution in [1.29, 1.82) is 0 Å². The van der Waals surface area contributed by atoms with Gasteiger partial charge in [-0.15, -0.1) is 0 Å². The van der Waals surface area contributed by atoms with E-state index in [9.17, 15) is 4.79 Å². The molecule has 2 aromatic rings. The van der Waals surface area contributed by atoms with Gasteiger partial charge in [-0.05, 0) is 61.6 Å². The Kier molecular flexibility index (Phi) is 5.80. The summed E-state index contributed by atoms with van der Waals surface area (Å²) >= 11 is 0. The van der Waals surface area contributed by atoms with Crippen molar-refractivity contribution in [2.45, 2.75) is 46.1 Å². The first-order valence-electron chi connectivity index (χ1n) is 8.13. The average molecular weight is 311 g/mol. The van der Waals surface area contributed by atoms with Gasteiger partial charge in [-0.25, -0.2) is 0 Å². The number of hydrogen-bond donors (Lipinski definition) is 1. The monoisotopic (exact) mass is 311 g/mol. The number of hydrogen-bond acceptors (Lipinski definition) is 2. The average Bonchev–Trinajstić information content (AvgIpc) is 2.54. The van der Waals surface area contributed by atoms with Crippen molar-refractivity contribution in [3.05, 3.63) is 59.7 Å². The predicted octanol–water partition coefficient (Wildman–Crippen LogP) is 4.91. The molecule has 3 nitrogen and oxygen atoms in total. The molecule has 0 heterocycles. The number of amides is 1. The Labute approximate surface area is 138 Å². The summed E-state index contributed by atoms with van der Waals surface area (Å²) in [4.78, 5) is 12.2. The minimum atomic E-state index is -0.550.